The molecule has 6 aromatic heterocycles. The van der Waals surface area contributed by atoms with Crippen molar-refractivity contribution < 1.29 is 0 Å². The van der Waals surface area contributed by atoms with Gasteiger partial charge in [0, 0.05) is 59.4 Å². The van der Waals surface area contributed by atoms with Crippen molar-refractivity contribution in [3.8, 4) is 22.8 Å². The highest BCUT2D eigenvalue weighted by molar-refractivity contribution is 6.22. The zero-order chi connectivity index (χ0) is 26.7. The van der Waals surface area contributed by atoms with E-state index in [0.717, 1.165) is 56.5 Å². The summed E-state index contributed by atoms with van der Waals surface area (Å²) in [4.78, 5) is 37.1. The van der Waals surface area contributed by atoms with Crippen molar-refractivity contribution >= 4 is 22.8 Å². The van der Waals surface area contributed by atoms with E-state index in [9.17, 15) is 0 Å². The van der Waals surface area contributed by atoms with E-state index in [4.69, 9.17) is 9.98 Å². The van der Waals surface area contributed by atoms with Crippen molar-refractivity contribution in [3.63, 3.8) is 0 Å². The van der Waals surface area contributed by atoms with Crippen LogP contribution in [0.5, 0.6) is 0 Å². The maximum absolute atomic E-state index is 5.11. The minimum absolute atomic E-state index is 0.696. The van der Waals surface area contributed by atoms with Crippen molar-refractivity contribution in [2.24, 2.45) is 9.98 Å². The number of rotatable bonds is 4. The molecule has 188 valence electrons. The Bertz CT molecular complexity index is 1720. The molecule has 0 radical (unpaired) electrons. The Labute approximate surface area is 230 Å². The van der Waals surface area contributed by atoms with Crippen LogP contribution in [0.2, 0.25) is 0 Å². The fourth-order valence-electron chi connectivity index (χ4n) is 4.55. The quantitative estimate of drug-likeness (QED) is 0.283. The van der Waals surface area contributed by atoms with E-state index in [1.54, 1.807) is 37.2 Å². The molecular weight excluding hydrogens is 496 g/mol. The summed E-state index contributed by atoms with van der Waals surface area (Å²) in [5.41, 5.74) is 9.43. The van der Waals surface area contributed by atoms with Gasteiger partial charge in [-0.05, 0) is 60.7 Å². The van der Waals surface area contributed by atoms with Crippen LogP contribution >= 0.6 is 0 Å². The second-order valence-corrected chi connectivity index (χ2v) is 9.00. The Morgan fingerprint density at radius 3 is 1.25 bits per heavy atom. The van der Waals surface area contributed by atoms with Gasteiger partial charge in [0.15, 0.2) is 0 Å². The van der Waals surface area contributed by atoms with E-state index in [1.165, 1.54) is 0 Å². The Morgan fingerprint density at radius 2 is 0.850 bits per heavy atom. The molecule has 0 bridgehead atoms. The van der Waals surface area contributed by atoms with Gasteiger partial charge in [-0.2, -0.15) is 0 Å². The Balaban J connectivity index is 1.34. The lowest BCUT2D eigenvalue weighted by molar-refractivity contribution is 1.23. The third-order valence-corrected chi connectivity index (χ3v) is 6.50. The van der Waals surface area contributed by atoms with E-state index in [0.29, 0.717) is 11.4 Å². The predicted octanol–water partition coefficient (Wildman–Crippen LogP) is 6.04. The van der Waals surface area contributed by atoms with Crippen LogP contribution in [0.15, 0.2) is 132 Å². The molecule has 0 aromatic carbocycles. The number of aromatic nitrogens is 6. The lowest BCUT2D eigenvalue weighted by atomic mass is 9.98. The first-order chi connectivity index (χ1) is 19.8. The number of hydrogen-bond acceptors (Lipinski definition) is 8. The van der Waals surface area contributed by atoms with Gasteiger partial charge in [-0.25, -0.2) is 9.98 Å². The van der Waals surface area contributed by atoms with Gasteiger partial charge < -0.3 is 0 Å². The van der Waals surface area contributed by atoms with Crippen molar-refractivity contribution in [1.29, 1.82) is 0 Å². The molecule has 8 heteroatoms. The van der Waals surface area contributed by atoms with Gasteiger partial charge in [0.1, 0.15) is 0 Å². The van der Waals surface area contributed by atoms with Crippen molar-refractivity contribution in [1.82, 2.24) is 29.9 Å². The first-order valence-corrected chi connectivity index (χ1v) is 12.7. The molecule has 1 aliphatic rings. The van der Waals surface area contributed by atoms with Gasteiger partial charge in [-0.15, -0.1) is 0 Å². The number of pyridine rings is 6. The standard InChI is InChI=1S/C32H20N8/c1-3-13-35-25(5-1)27-9-7-21(17-37-27)31-23-11-15-33-19-29(23)40-32(24-12-16-34-20-30(24)39-31)22-8-10-28(38-18-22)26-6-2-4-14-36-26/h1-20H/b31-23?,32-24?,39-30?,39-31-,40-29?,40-32-. The highest BCUT2D eigenvalue weighted by Gasteiger charge is 2.21. The summed E-state index contributed by atoms with van der Waals surface area (Å²) >= 11 is 0. The molecule has 7 rings (SSSR count). The fraction of sp³-hybridized carbons (Fsp3) is 0. The average molecular weight is 517 g/mol. The topological polar surface area (TPSA) is 102 Å². The van der Waals surface area contributed by atoms with Crippen LogP contribution in [0.4, 0.5) is 11.4 Å². The van der Waals surface area contributed by atoms with Gasteiger partial charge >= 0.3 is 0 Å². The Hall–Kier alpha value is -5.76. The van der Waals surface area contributed by atoms with E-state index < -0.39 is 0 Å². The highest BCUT2D eigenvalue weighted by atomic mass is 14.9. The Kier molecular flexibility index (Phi) is 5.95. The van der Waals surface area contributed by atoms with Gasteiger partial charge in [0.25, 0.3) is 0 Å². The lowest BCUT2D eigenvalue weighted by Gasteiger charge is -2.17. The van der Waals surface area contributed by atoms with Crippen molar-refractivity contribution in [2.45, 2.75) is 0 Å². The molecule has 0 spiro atoms. The molecule has 6 aromatic rings. The minimum Gasteiger partial charge on any atom is -0.262 e. The zero-order valence-corrected chi connectivity index (χ0v) is 21.1. The molecule has 0 saturated carbocycles. The SMILES string of the molecule is c1ccc(-c2ccc(/C3=N/c4cnccc4/C(c4ccc(-c5ccccn5)nc4)=N\c4cnccc43)cn2)nc1. The van der Waals surface area contributed by atoms with Crippen LogP contribution in [-0.4, -0.2) is 41.3 Å². The molecule has 0 atom stereocenters. The van der Waals surface area contributed by atoms with E-state index in [2.05, 4.69) is 29.9 Å². The normalized spacial score (nSPS) is 14.9. The summed E-state index contributed by atoms with van der Waals surface area (Å²) in [6.07, 6.45) is 14.1. The fourth-order valence-corrected chi connectivity index (χ4v) is 4.55. The van der Waals surface area contributed by atoms with Crippen LogP contribution in [-0.2, 0) is 0 Å². The first-order valence-electron chi connectivity index (χ1n) is 12.7. The van der Waals surface area contributed by atoms with Crippen LogP contribution < -0.4 is 0 Å². The lowest BCUT2D eigenvalue weighted by Crippen LogP contribution is -2.11. The second kappa shape index (κ2) is 10.2. The van der Waals surface area contributed by atoms with Gasteiger partial charge in [0.05, 0.1) is 58.0 Å². The molecule has 7 heterocycles. The summed E-state index contributed by atoms with van der Waals surface area (Å²) in [6, 6.07) is 23.3. The van der Waals surface area contributed by atoms with Crippen LogP contribution in [0.25, 0.3) is 22.8 Å². The smallest absolute Gasteiger partial charge is 0.0914 e. The molecule has 40 heavy (non-hydrogen) atoms. The number of fused-ring (bicyclic) bond motifs is 2. The molecule has 0 saturated heterocycles. The average Bonchev–Trinajstić information content (AvgIpc) is 3.03. The van der Waals surface area contributed by atoms with Crippen molar-refractivity contribution in [2.75, 3.05) is 0 Å². The maximum atomic E-state index is 5.11. The molecule has 8 nitrogen and oxygen atoms in total. The van der Waals surface area contributed by atoms with Crippen LogP contribution in [0.1, 0.15) is 22.3 Å². The van der Waals surface area contributed by atoms with E-state index in [-0.39, 0.29) is 0 Å². The monoisotopic (exact) mass is 516 g/mol. The summed E-state index contributed by atoms with van der Waals surface area (Å²) in [5.74, 6) is 0. The number of aliphatic imine (C=N–C) groups is 2. The summed E-state index contributed by atoms with van der Waals surface area (Å²) < 4.78 is 0. The zero-order valence-electron chi connectivity index (χ0n) is 21.1. The van der Waals surface area contributed by atoms with Crippen LogP contribution in [0.3, 0.4) is 0 Å². The molecule has 0 amide bonds. The molecule has 0 fully saturated rings. The van der Waals surface area contributed by atoms with Gasteiger partial charge in [-0.1, -0.05) is 12.1 Å². The van der Waals surface area contributed by atoms with E-state index >= 15 is 0 Å². The first kappa shape index (κ1) is 23.4. The van der Waals surface area contributed by atoms with Gasteiger partial charge in [-0.3, -0.25) is 29.9 Å². The van der Waals surface area contributed by atoms with Crippen molar-refractivity contribution in [3.05, 3.63) is 145 Å². The largest absolute Gasteiger partial charge is 0.262 e. The van der Waals surface area contributed by atoms with Gasteiger partial charge in [0.2, 0.25) is 0 Å². The number of nitrogens with zero attached hydrogens (tertiary/aromatic N) is 8. The molecule has 1 aliphatic heterocycles. The molecule has 0 N–H and O–H groups in total. The second-order valence-electron chi connectivity index (χ2n) is 9.00. The third-order valence-electron chi connectivity index (χ3n) is 6.50. The summed E-state index contributed by atoms with van der Waals surface area (Å²) in [7, 11) is 0. The highest BCUT2D eigenvalue weighted by Crippen LogP contribution is 2.32. The molecule has 0 unspecified atom stereocenters. The maximum Gasteiger partial charge on any atom is 0.0914 e. The minimum atomic E-state index is 0.696. The predicted molar refractivity (Wildman–Crippen MR) is 154 cm³/mol. The number of hydrogen-bond donors (Lipinski definition) is 0. The molecule has 0 aliphatic carbocycles. The summed E-state index contributed by atoms with van der Waals surface area (Å²) in [6.45, 7) is 0. The van der Waals surface area contributed by atoms with Crippen LogP contribution in [0, 0.1) is 0 Å². The third kappa shape index (κ3) is 4.43. The molecular formula is C32H20N8. The summed E-state index contributed by atoms with van der Waals surface area (Å²) in [5, 5.41) is 0. The van der Waals surface area contributed by atoms with E-state index in [1.807, 2.05) is 85.2 Å². The Morgan fingerprint density at radius 1 is 0.375 bits per heavy atom.